The third-order valence-electron chi connectivity index (χ3n) is 1.34. The van der Waals surface area contributed by atoms with Gasteiger partial charge in [-0.2, -0.15) is 5.26 Å². The first-order chi connectivity index (χ1) is 5.69. The van der Waals surface area contributed by atoms with Gasteiger partial charge >= 0.3 is 0 Å². The number of nitrogens with zero attached hydrogens (tertiary/aromatic N) is 1. The summed E-state index contributed by atoms with van der Waals surface area (Å²) in [5.74, 6) is -0.655. The van der Waals surface area contributed by atoms with Gasteiger partial charge in [0.15, 0.2) is 11.6 Å². The predicted molar refractivity (Wildman–Crippen MR) is 42.7 cm³/mol. The molecule has 0 unspecified atom stereocenters. The van der Waals surface area contributed by atoms with Gasteiger partial charge in [0.2, 0.25) is 0 Å². The minimum Gasteiger partial charge on any atom is -0.494 e. The van der Waals surface area contributed by atoms with Gasteiger partial charge in [0.25, 0.3) is 0 Å². The van der Waals surface area contributed by atoms with E-state index in [-0.39, 0.29) is 16.3 Å². The van der Waals surface area contributed by atoms with Gasteiger partial charge in [-0.25, -0.2) is 4.39 Å². The Hall–Kier alpha value is -1.27. The lowest BCUT2D eigenvalue weighted by Gasteiger charge is -2.02. The highest BCUT2D eigenvalue weighted by molar-refractivity contribution is 6.31. The van der Waals surface area contributed by atoms with Crippen LogP contribution in [0.1, 0.15) is 5.56 Å². The second-order valence-corrected chi connectivity index (χ2v) is 2.49. The van der Waals surface area contributed by atoms with Crippen LogP contribution >= 0.6 is 11.6 Å². The van der Waals surface area contributed by atoms with E-state index < -0.39 is 5.82 Å². The largest absolute Gasteiger partial charge is 0.494 e. The fourth-order valence-corrected chi connectivity index (χ4v) is 0.988. The van der Waals surface area contributed by atoms with Crippen LogP contribution in [0.25, 0.3) is 0 Å². The number of methoxy groups -OCH3 is 1. The first kappa shape index (κ1) is 8.82. The molecular weight excluding hydrogens is 181 g/mol. The summed E-state index contributed by atoms with van der Waals surface area (Å²) in [6.45, 7) is 0. The summed E-state index contributed by atoms with van der Waals surface area (Å²) in [5.41, 5.74) is 0.276. The van der Waals surface area contributed by atoms with Crippen LogP contribution < -0.4 is 4.74 Å². The normalized spacial score (nSPS) is 9.17. The molecule has 0 fully saturated rings. The standard InChI is InChI=1S/C8H5ClFNO/c1-12-7-3-5(4-11)2-6(9)8(7)10/h2-3H,1H3. The molecule has 1 aromatic carbocycles. The Morgan fingerprint density at radius 2 is 2.25 bits per heavy atom. The van der Waals surface area contributed by atoms with Crippen molar-refractivity contribution in [2.45, 2.75) is 0 Å². The second kappa shape index (κ2) is 3.42. The molecule has 0 aromatic heterocycles. The quantitative estimate of drug-likeness (QED) is 0.673. The maximum atomic E-state index is 13.0. The highest BCUT2D eigenvalue weighted by Crippen LogP contribution is 2.25. The summed E-state index contributed by atoms with van der Waals surface area (Å²) in [4.78, 5) is 0. The average molecular weight is 186 g/mol. The zero-order valence-electron chi connectivity index (χ0n) is 6.27. The van der Waals surface area contributed by atoms with E-state index in [0.717, 1.165) is 0 Å². The van der Waals surface area contributed by atoms with Gasteiger partial charge in [0, 0.05) is 6.07 Å². The summed E-state index contributed by atoms with van der Waals surface area (Å²) in [7, 11) is 1.32. The van der Waals surface area contributed by atoms with Crippen molar-refractivity contribution < 1.29 is 9.13 Å². The first-order valence-electron chi connectivity index (χ1n) is 3.12. The van der Waals surface area contributed by atoms with Crippen LogP contribution in [0.15, 0.2) is 12.1 Å². The topological polar surface area (TPSA) is 33.0 Å². The van der Waals surface area contributed by atoms with E-state index in [2.05, 4.69) is 4.74 Å². The lowest BCUT2D eigenvalue weighted by molar-refractivity contribution is 0.386. The van der Waals surface area contributed by atoms with Crippen molar-refractivity contribution in [3.63, 3.8) is 0 Å². The number of hydrogen-bond donors (Lipinski definition) is 0. The molecule has 1 aromatic rings. The minimum absolute atomic E-state index is 0.0148. The first-order valence-corrected chi connectivity index (χ1v) is 3.50. The Morgan fingerprint density at radius 3 is 2.75 bits per heavy atom. The minimum atomic E-state index is -0.641. The number of benzene rings is 1. The fraction of sp³-hybridized carbons (Fsp3) is 0.125. The van der Waals surface area contributed by atoms with Crippen LogP contribution in [0.3, 0.4) is 0 Å². The number of halogens is 2. The molecule has 0 saturated carbocycles. The number of rotatable bonds is 1. The van der Waals surface area contributed by atoms with E-state index >= 15 is 0 Å². The van der Waals surface area contributed by atoms with Crippen LogP contribution in [0.5, 0.6) is 5.75 Å². The summed E-state index contributed by atoms with van der Waals surface area (Å²) in [6, 6.07) is 4.38. The summed E-state index contributed by atoms with van der Waals surface area (Å²) >= 11 is 5.47. The average Bonchev–Trinajstić information content (AvgIpc) is 2.09. The Bertz CT molecular complexity index is 346. The lowest BCUT2D eigenvalue weighted by Crippen LogP contribution is -1.90. The van der Waals surface area contributed by atoms with Crippen LogP contribution in [0.4, 0.5) is 4.39 Å². The second-order valence-electron chi connectivity index (χ2n) is 2.09. The van der Waals surface area contributed by atoms with Crippen molar-refractivity contribution in [1.82, 2.24) is 0 Å². The van der Waals surface area contributed by atoms with E-state index in [9.17, 15) is 4.39 Å². The molecule has 4 heteroatoms. The van der Waals surface area contributed by atoms with E-state index in [1.165, 1.54) is 19.2 Å². The number of hydrogen-bond acceptors (Lipinski definition) is 2. The molecular formula is C8H5ClFNO. The van der Waals surface area contributed by atoms with Gasteiger partial charge in [-0.1, -0.05) is 11.6 Å². The molecule has 0 amide bonds. The molecule has 12 heavy (non-hydrogen) atoms. The molecule has 0 aliphatic rings. The lowest BCUT2D eigenvalue weighted by atomic mass is 10.2. The number of ether oxygens (including phenoxy) is 1. The molecule has 1 rings (SSSR count). The summed E-state index contributed by atoms with van der Waals surface area (Å²) in [5, 5.41) is 8.38. The molecule has 0 aliphatic heterocycles. The summed E-state index contributed by atoms with van der Waals surface area (Å²) in [6.07, 6.45) is 0. The molecule has 0 radical (unpaired) electrons. The van der Waals surface area contributed by atoms with Crippen molar-refractivity contribution in [1.29, 1.82) is 5.26 Å². The van der Waals surface area contributed by atoms with Crippen molar-refractivity contribution in [2.75, 3.05) is 7.11 Å². The van der Waals surface area contributed by atoms with Gasteiger partial charge < -0.3 is 4.74 Å². The maximum absolute atomic E-state index is 13.0. The highest BCUT2D eigenvalue weighted by atomic mass is 35.5. The van der Waals surface area contributed by atoms with E-state index in [4.69, 9.17) is 16.9 Å². The van der Waals surface area contributed by atoms with Gasteiger partial charge in [0.1, 0.15) is 0 Å². The predicted octanol–water partition coefficient (Wildman–Crippen LogP) is 2.36. The Morgan fingerprint density at radius 1 is 1.58 bits per heavy atom. The van der Waals surface area contributed by atoms with E-state index in [0.29, 0.717) is 0 Å². The van der Waals surface area contributed by atoms with Gasteiger partial charge in [0.05, 0.1) is 23.8 Å². The van der Waals surface area contributed by atoms with E-state index in [1.807, 2.05) is 6.07 Å². The van der Waals surface area contributed by atoms with Crippen LogP contribution in [-0.4, -0.2) is 7.11 Å². The summed E-state index contributed by atoms with van der Waals surface area (Å²) < 4.78 is 17.6. The van der Waals surface area contributed by atoms with Crippen molar-refractivity contribution in [3.05, 3.63) is 28.5 Å². The molecule has 0 aliphatic carbocycles. The van der Waals surface area contributed by atoms with E-state index in [1.54, 1.807) is 0 Å². The molecule has 0 saturated heterocycles. The third kappa shape index (κ3) is 1.49. The van der Waals surface area contributed by atoms with Gasteiger partial charge in [-0.3, -0.25) is 0 Å². The SMILES string of the molecule is COc1cc(C#N)cc(Cl)c1F. The van der Waals surface area contributed by atoms with Crippen LogP contribution in [0, 0.1) is 17.1 Å². The van der Waals surface area contributed by atoms with Crippen molar-refractivity contribution in [2.24, 2.45) is 0 Å². The Labute approximate surface area is 74.1 Å². The van der Waals surface area contributed by atoms with Crippen molar-refractivity contribution in [3.8, 4) is 11.8 Å². The smallest absolute Gasteiger partial charge is 0.183 e. The zero-order valence-corrected chi connectivity index (χ0v) is 7.02. The molecule has 0 atom stereocenters. The van der Waals surface area contributed by atoms with Gasteiger partial charge in [-0.05, 0) is 6.07 Å². The third-order valence-corrected chi connectivity index (χ3v) is 1.62. The fourth-order valence-electron chi connectivity index (χ4n) is 0.777. The zero-order chi connectivity index (χ0) is 9.14. The molecule has 0 heterocycles. The van der Waals surface area contributed by atoms with Crippen LogP contribution in [0.2, 0.25) is 5.02 Å². The number of nitriles is 1. The molecule has 2 nitrogen and oxygen atoms in total. The van der Waals surface area contributed by atoms with Gasteiger partial charge in [-0.15, -0.1) is 0 Å². The molecule has 0 N–H and O–H groups in total. The molecule has 62 valence electrons. The maximum Gasteiger partial charge on any atom is 0.183 e. The monoisotopic (exact) mass is 185 g/mol. The molecule has 0 spiro atoms. The van der Waals surface area contributed by atoms with Crippen molar-refractivity contribution >= 4 is 11.6 Å². The Balaban J connectivity index is 3.31. The molecule has 0 bridgehead atoms. The Kier molecular flexibility index (Phi) is 2.51. The van der Waals surface area contributed by atoms with Crippen LogP contribution in [-0.2, 0) is 0 Å². The highest BCUT2D eigenvalue weighted by Gasteiger charge is 2.08.